The molecule has 0 bridgehead atoms. The normalized spacial score (nSPS) is 19.2. The van der Waals surface area contributed by atoms with Crippen LogP contribution in [0.2, 0.25) is 0 Å². The first-order valence-corrected chi connectivity index (χ1v) is 13.0. The minimum absolute atomic E-state index is 0.0610. The van der Waals surface area contributed by atoms with Gasteiger partial charge in [-0.1, -0.05) is 97.1 Å². The molecular formula is C29H25N2O4P. The summed E-state index contributed by atoms with van der Waals surface area (Å²) in [6.45, 7) is 0.884. The number of nitrogens with zero attached hydrogens (tertiary/aromatic N) is 2. The standard InChI is InChI=1S/C29H25N2O4P/c32-29-30(19-21-11-3-1-4-12-21)27-23-15-7-9-17-25(23)34-36(33)35-26-18-10-8-16-24(26)28(27)31(29)20-22-13-5-2-6-14-22/h1-18,27-28,33H,19-20H2/t27-,28-/m0/s1. The van der Waals surface area contributed by atoms with Crippen molar-refractivity contribution < 1.29 is 18.7 Å². The molecule has 4 aromatic carbocycles. The topological polar surface area (TPSA) is 62.2 Å². The highest BCUT2D eigenvalue weighted by Gasteiger charge is 2.49. The second-order valence-electron chi connectivity index (χ2n) is 8.90. The van der Waals surface area contributed by atoms with Gasteiger partial charge in [0.2, 0.25) is 0 Å². The first kappa shape index (κ1) is 22.6. The van der Waals surface area contributed by atoms with Crippen LogP contribution in [-0.4, -0.2) is 20.7 Å². The Bertz CT molecular complexity index is 1270. The summed E-state index contributed by atoms with van der Waals surface area (Å²) in [5.41, 5.74) is 3.75. The number of fused-ring (bicyclic) bond motifs is 5. The van der Waals surface area contributed by atoms with E-state index in [2.05, 4.69) is 0 Å². The van der Waals surface area contributed by atoms with Crippen molar-refractivity contribution in [2.75, 3.05) is 0 Å². The zero-order chi connectivity index (χ0) is 24.5. The van der Waals surface area contributed by atoms with Crippen molar-refractivity contribution in [3.05, 3.63) is 131 Å². The minimum atomic E-state index is -2.20. The predicted octanol–water partition coefficient (Wildman–Crippen LogP) is 6.60. The molecule has 6 nitrogen and oxygen atoms in total. The number of carbonyl (C=O) groups excluding carboxylic acids is 1. The Kier molecular flexibility index (Phi) is 6.06. The van der Waals surface area contributed by atoms with Gasteiger partial charge in [-0.05, 0) is 23.3 Å². The van der Waals surface area contributed by atoms with Crippen molar-refractivity contribution in [2.24, 2.45) is 0 Å². The Hall–Kier alpha value is -3.86. The third-order valence-electron chi connectivity index (χ3n) is 6.68. The van der Waals surface area contributed by atoms with Gasteiger partial charge in [0.05, 0.1) is 12.1 Å². The van der Waals surface area contributed by atoms with Gasteiger partial charge in [0.25, 0.3) is 0 Å². The summed E-state index contributed by atoms with van der Waals surface area (Å²) in [6, 6.07) is 34.4. The summed E-state index contributed by atoms with van der Waals surface area (Å²) in [6.07, 6.45) is 0. The molecule has 1 saturated heterocycles. The van der Waals surface area contributed by atoms with Crippen LogP contribution in [0.15, 0.2) is 109 Å². The van der Waals surface area contributed by atoms with Crippen molar-refractivity contribution in [3.63, 3.8) is 0 Å². The second kappa shape index (κ2) is 9.65. The van der Waals surface area contributed by atoms with E-state index in [9.17, 15) is 9.69 Å². The van der Waals surface area contributed by atoms with Gasteiger partial charge in [0.1, 0.15) is 11.5 Å². The van der Waals surface area contributed by atoms with E-state index in [-0.39, 0.29) is 18.1 Å². The molecule has 0 saturated carbocycles. The Morgan fingerprint density at radius 3 is 1.44 bits per heavy atom. The third kappa shape index (κ3) is 4.19. The summed E-state index contributed by atoms with van der Waals surface area (Å²) >= 11 is 0. The van der Waals surface area contributed by atoms with Gasteiger partial charge >= 0.3 is 14.6 Å². The maximum Gasteiger partial charge on any atom is 0.460 e. The molecule has 0 unspecified atom stereocenters. The third-order valence-corrected chi connectivity index (χ3v) is 7.39. The van der Waals surface area contributed by atoms with Crippen LogP contribution >= 0.6 is 8.60 Å². The summed E-state index contributed by atoms with van der Waals surface area (Å²) in [4.78, 5) is 28.7. The van der Waals surface area contributed by atoms with Crippen LogP contribution in [0.25, 0.3) is 0 Å². The molecule has 2 aliphatic heterocycles. The Morgan fingerprint density at radius 2 is 1.00 bits per heavy atom. The summed E-state index contributed by atoms with van der Waals surface area (Å²) in [5, 5.41) is 0. The molecule has 1 N–H and O–H groups in total. The number of hydrogen-bond donors (Lipinski definition) is 1. The molecule has 2 atom stereocenters. The van der Waals surface area contributed by atoms with Gasteiger partial charge in [0, 0.05) is 24.2 Å². The molecule has 2 amide bonds. The summed E-state index contributed by atoms with van der Waals surface area (Å²) in [5.74, 6) is 1.03. The Balaban J connectivity index is 1.55. The highest BCUT2D eigenvalue weighted by atomic mass is 31.2. The first-order valence-electron chi connectivity index (χ1n) is 11.9. The van der Waals surface area contributed by atoms with Crippen LogP contribution in [0.1, 0.15) is 34.3 Å². The second-order valence-corrected chi connectivity index (χ2v) is 9.74. The quantitative estimate of drug-likeness (QED) is 0.324. The van der Waals surface area contributed by atoms with Crippen LogP contribution in [0.3, 0.4) is 0 Å². The first-order chi connectivity index (χ1) is 17.7. The molecule has 0 radical (unpaired) electrons. The van der Waals surface area contributed by atoms with Crippen molar-refractivity contribution >= 4 is 14.6 Å². The maximum atomic E-state index is 14.2. The summed E-state index contributed by atoms with van der Waals surface area (Å²) in [7, 11) is -2.20. The average molecular weight is 497 g/mol. The van der Waals surface area contributed by atoms with Crippen LogP contribution in [0.5, 0.6) is 11.5 Å². The molecule has 180 valence electrons. The number of para-hydroxylation sites is 2. The molecule has 7 heteroatoms. The van der Waals surface area contributed by atoms with Gasteiger partial charge < -0.3 is 23.7 Å². The number of urea groups is 1. The summed E-state index contributed by atoms with van der Waals surface area (Å²) < 4.78 is 11.8. The van der Waals surface area contributed by atoms with E-state index in [1.807, 2.05) is 119 Å². The highest BCUT2D eigenvalue weighted by molar-refractivity contribution is 7.41. The van der Waals surface area contributed by atoms with Crippen LogP contribution in [0, 0.1) is 0 Å². The predicted molar refractivity (Wildman–Crippen MR) is 138 cm³/mol. The van der Waals surface area contributed by atoms with Crippen LogP contribution in [-0.2, 0) is 13.1 Å². The van der Waals surface area contributed by atoms with Crippen LogP contribution < -0.4 is 9.05 Å². The van der Waals surface area contributed by atoms with E-state index < -0.39 is 8.60 Å². The molecule has 2 aliphatic rings. The highest BCUT2D eigenvalue weighted by Crippen LogP contribution is 2.54. The van der Waals surface area contributed by atoms with Gasteiger partial charge in [-0.2, -0.15) is 0 Å². The molecule has 0 spiro atoms. The number of rotatable bonds is 4. The largest absolute Gasteiger partial charge is 0.460 e. The maximum absolute atomic E-state index is 14.2. The smallest absolute Gasteiger partial charge is 0.417 e. The number of amides is 2. The lowest BCUT2D eigenvalue weighted by Crippen LogP contribution is -2.32. The fourth-order valence-electron chi connectivity index (χ4n) is 5.11. The van der Waals surface area contributed by atoms with Gasteiger partial charge in [-0.15, -0.1) is 0 Å². The molecule has 4 aromatic rings. The van der Waals surface area contributed by atoms with Crippen molar-refractivity contribution in [1.29, 1.82) is 0 Å². The van der Waals surface area contributed by atoms with Gasteiger partial charge in [-0.25, -0.2) is 4.79 Å². The fourth-order valence-corrected chi connectivity index (χ4v) is 5.82. The van der Waals surface area contributed by atoms with Crippen molar-refractivity contribution in [1.82, 2.24) is 9.80 Å². The fraction of sp³-hybridized carbons (Fsp3) is 0.138. The molecule has 1 fully saturated rings. The van der Waals surface area contributed by atoms with Gasteiger partial charge in [0.15, 0.2) is 0 Å². The lowest BCUT2D eigenvalue weighted by Gasteiger charge is -2.29. The van der Waals surface area contributed by atoms with Crippen molar-refractivity contribution in [3.8, 4) is 11.5 Å². The molecule has 0 aromatic heterocycles. The molecule has 6 rings (SSSR count). The SMILES string of the molecule is O=C1N(Cc2ccccc2)[C@H]2c3ccccc3OP(O)Oc3ccccc3[C@@H]2N1Cc1ccccc1. The van der Waals surface area contributed by atoms with E-state index in [0.29, 0.717) is 24.6 Å². The Morgan fingerprint density at radius 1 is 0.611 bits per heavy atom. The number of carbonyl (C=O) groups is 1. The van der Waals surface area contributed by atoms with E-state index in [4.69, 9.17) is 9.05 Å². The monoisotopic (exact) mass is 496 g/mol. The zero-order valence-electron chi connectivity index (χ0n) is 19.5. The van der Waals surface area contributed by atoms with E-state index in [1.54, 1.807) is 0 Å². The lowest BCUT2D eigenvalue weighted by atomic mass is 9.91. The zero-order valence-corrected chi connectivity index (χ0v) is 20.4. The molecule has 36 heavy (non-hydrogen) atoms. The van der Waals surface area contributed by atoms with E-state index >= 15 is 0 Å². The average Bonchev–Trinajstić information content (AvgIpc) is 3.18. The number of hydrogen-bond acceptors (Lipinski definition) is 4. The minimum Gasteiger partial charge on any atom is -0.417 e. The van der Waals surface area contributed by atoms with E-state index in [0.717, 1.165) is 22.3 Å². The number of benzene rings is 4. The Labute approximate surface area is 211 Å². The molecular weight excluding hydrogens is 471 g/mol. The van der Waals surface area contributed by atoms with Gasteiger partial charge in [-0.3, -0.25) is 0 Å². The van der Waals surface area contributed by atoms with E-state index in [1.165, 1.54) is 0 Å². The molecule has 0 aliphatic carbocycles. The molecule has 2 heterocycles. The van der Waals surface area contributed by atoms with Crippen LogP contribution in [0.4, 0.5) is 4.79 Å². The lowest BCUT2D eigenvalue weighted by molar-refractivity contribution is 0.180. The van der Waals surface area contributed by atoms with Crippen molar-refractivity contribution in [2.45, 2.75) is 25.2 Å².